The van der Waals surface area contributed by atoms with E-state index in [-0.39, 0.29) is 11.0 Å². The maximum absolute atomic E-state index is 11.6. The van der Waals surface area contributed by atoms with Crippen molar-refractivity contribution >= 4 is 16.6 Å². The third-order valence-corrected chi connectivity index (χ3v) is 3.86. The Kier molecular flexibility index (Phi) is 4.01. The topological polar surface area (TPSA) is 34.1 Å². The Hall–Kier alpha value is -0.960. The van der Waals surface area contributed by atoms with Gasteiger partial charge in [-0.3, -0.25) is 9.00 Å². The first-order chi connectivity index (χ1) is 6.61. The van der Waals surface area contributed by atoms with Gasteiger partial charge in [0.1, 0.15) is 5.78 Å². The zero-order valence-electron chi connectivity index (χ0n) is 8.40. The molecule has 1 aromatic rings. The minimum atomic E-state index is -1.10. The summed E-state index contributed by atoms with van der Waals surface area (Å²) < 4.78 is 11.6. The van der Waals surface area contributed by atoms with E-state index in [0.717, 1.165) is 5.56 Å². The van der Waals surface area contributed by atoms with Crippen molar-refractivity contribution in [3.8, 4) is 0 Å². The molecule has 0 saturated heterocycles. The molecule has 76 valence electrons. The summed E-state index contributed by atoms with van der Waals surface area (Å²) in [4.78, 5) is 11.0. The molecule has 3 heteroatoms. The molecular formula is C11H14O2S. The number of hydrogen-bond acceptors (Lipinski definition) is 2. The molecule has 14 heavy (non-hydrogen) atoms. The Bertz CT molecular complexity index is 332. The number of benzene rings is 1. The van der Waals surface area contributed by atoms with Gasteiger partial charge in [0.25, 0.3) is 0 Å². The summed E-state index contributed by atoms with van der Waals surface area (Å²) in [6, 6.07) is 9.58. The van der Waals surface area contributed by atoms with E-state index in [1.807, 2.05) is 30.3 Å². The lowest BCUT2D eigenvalue weighted by Gasteiger charge is -2.07. The molecular weight excluding hydrogens is 196 g/mol. The van der Waals surface area contributed by atoms with E-state index in [1.165, 1.54) is 6.92 Å². The number of Topliss-reactive ketones (excluding diaryl/α,β-unsaturated/α-hetero) is 1. The monoisotopic (exact) mass is 210 g/mol. The number of carbonyl (C=O) groups excluding carboxylic acids is 1. The number of ketones is 1. The van der Waals surface area contributed by atoms with Crippen LogP contribution < -0.4 is 0 Å². The summed E-state index contributed by atoms with van der Waals surface area (Å²) in [5, 5.41) is -0.366. The third-order valence-electron chi connectivity index (χ3n) is 2.12. The SMILES string of the molecule is CC(=O)C(C)S(=O)Cc1ccccc1. The van der Waals surface area contributed by atoms with Crippen molar-refractivity contribution in [2.24, 2.45) is 0 Å². The highest BCUT2D eigenvalue weighted by Gasteiger charge is 2.15. The van der Waals surface area contributed by atoms with E-state index < -0.39 is 10.8 Å². The van der Waals surface area contributed by atoms with Gasteiger partial charge in [0.05, 0.1) is 5.25 Å². The van der Waals surface area contributed by atoms with Crippen LogP contribution in [0.25, 0.3) is 0 Å². The van der Waals surface area contributed by atoms with Gasteiger partial charge in [-0.25, -0.2) is 0 Å². The normalized spacial score (nSPS) is 14.7. The first-order valence-electron chi connectivity index (χ1n) is 4.53. The van der Waals surface area contributed by atoms with Gasteiger partial charge in [-0.15, -0.1) is 0 Å². The first kappa shape index (κ1) is 11.1. The molecule has 0 amide bonds. The second kappa shape index (κ2) is 5.05. The van der Waals surface area contributed by atoms with Gasteiger partial charge in [0, 0.05) is 16.6 Å². The second-order valence-corrected chi connectivity index (χ2v) is 5.02. The Labute approximate surface area is 86.8 Å². The molecule has 1 rings (SSSR count). The molecule has 0 spiro atoms. The number of carbonyl (C=O) groups is 1. The van der Waals surface area contributed by atoms with Gasteiger partial charge >= 0.3 is 0 Å². The summed E-state index contributed by atoms with van der Waals surface area (Å²) in [5.41, 5.74) is 1.01. The van der Waals surface area contributed by atoms with Gasteiger partial charge in [0.15, 0.2) is 0 Å². The first-order valence-corrected chi connectivity index (χ1v) is 5.91. The van der Waals surface area contributed by atoms with Crippen LogP contribution in [0.4, 0.5) is 0 Å². The molecule has 0 saturated carbocycles. The maximum atomic E-state index is 11.6. The van der Waals surface area contributed by atoms with Gasteiger partial charge in [-0.1, -0.05) is 30.3 Å². The minimum Gasteiger partial charge on any atom is -0.299 e. The average Bonchev–Trinajstić information content (AvgIpc) is 2.18. The third kappa shape index (κ3) is 3.07. The quantitative estimate of drug-likeness (QED) is 0.760. The molecule has 0 aliphatic rings. The Balaban J connectivity index is 2.62. The van der Waals surface area contributed by atoms with Crippen LogP contribution in [0.5, 0.6) is 0 Å². The Morgan fingerprint density at radius 1 is 1.36 bits per heavy atom. The molecule has 2 atom stereocenters. The molecule has 0 radical (unpaired) electrons. The summed E-state index contributed by atoms with van der Waals surface area (Å²) in [5.74, 6) is 0.445. The van der Waals surface area contributed by atoms with E-state index >= 15 is 0 Å². The van der Waals surface area contributed by atoms with Crippen LogP contribution in [0.15, 0.2) is 30.3 Å². The molecule has 0 fully saturated rings. The number of rotatable bonds is 4. The number of hydrogen-bond donors (Lipinski definition) is 0. The van der Waals surface area contributed by atoms with Crippen molar-refractivity contribution in [3.05, 3.63) is 35.9 Å². The molecule has 2 unspecified atom stereocenters. The standard InChI is InChI=1S/C11H14O2S/c1-9(12)10(2)14(13)8-11-6-4-3-5-7-11/h3-7,10H,8H2,1-2H3. The molecule has 1 aromatic carbocycles. The lowest BCUT2D eigenvalue weighted by atomic mass is 10.2. The molecule has 0 N–H and O–H groups in total. The van der Waals surface area contributed by atoms with Gasteiger partial charge in [-0.05, 0) is 19.4 Å². The zero-order chi connectivity index (χ0) is 10.6. The van der Waals surface area contributed by atoms with Crippen molar-refractivity contribution < 1.29 is 9.00 Å². The van der Waals surface area contributed by atoms with Crippen molar-refractivity contribution in [3.63, 3.8) is 0 Å². The van der Waals surface area contributed by atoms with Crippen LogP contribution in [0.3, 0.4) is 0 Å². The van der Waals surface area contributed by atoms with Crippen molar-refractivity contribution in [2.45, 2.75) is 24.9 Å². The predicted octanol–water partition coefficient (Wildman–Crippen LogP) is 1.91. The van der Waals surface area contributed by atoms with Crippen LogP contribution in [-0.4, -0.2) is 15.2 Å². The zero-order valence-corrected chi connectivity index (χ0v) is 9.21. The van der Waals surface area contributed by atoms with E-state index in [4.69, 9.17) is 0 Å². The fraction of sp³-hybridized carbons (Fsp3) is 0.364. The summed E-state index contributed by atoms with van der Waals surface area (Å²) in [7, 11) is -1.10. The van der Waals surface area contributed by atoms with E-state index in [2.05, 4.69) is 0 Å². The van der Waals surface area contributed by atoms with E-state index in [0.29, 0.717) is 5.75 Å². The average molecular weight is 210 g/mol. The second-order valence-electron chi connectivity index (χ2n) is 3.26. The minimum absolute atomic E-state index is 0.0146. The van der Waals surface area contributed by atoms with Crippen molar-refractivity contribution in [1.82, 2.24) is 0 Å². The molecule has 0 aliphatic heterocycles. The highest BCUT2D eigenvalue weighted by molar-refractivity contribution is 7.85. The lowest BCUT2D eigenvalue weighted by molar-refractivity contribution is -0.116. The Morgan fingerprint density at radius 3 is 2.43 bits per heavy atom. The van der Waals surface area contributed by atoms with Gasteiger partial charge < -0.3 is 0 Å². The summed E-state index contributed by atoms with van der Waals surface area (Å²) in [6.07, 6.45) is 0. The fourth-order valence-corrected chi connectivity index (χ4v) is 2.19. The molecule has 2 nitrogen and oxygen atoms in total. The predicted molar refractivity (Wildman–Crippen MR) is 58.4 cm³/mol. The summed E-state index contributed by atoms with van der Waals surface area (Å²) >= 11 is 0. The van der Waals surface area contributed by atoms with Crippen LogP contribution in [0.1, 0.15) is 19.4 Å². The van der Waals surface area contributed by atoms with Crippen molar-refractivity contribution in [2.75, 3.05) is 0 Å². The smallest absolute Gasteiger partial charge is 0.145 e. The molecule has 0 bridgehead atoms. The lowest BCUT2D eigenvalue weighted by Crippen LogP contribution is -2.20. The fourth-order valence-electron chi connectivity index (χ4n) is 1.05. The molecule has 0 aromatic heterocycles. The van der Waals surface area contributed by atoms with Crippen LogP contribution in [0.2, 0.25) is 0 Å². The highest BCUT2D eigenvalue weighted by Crippen LogP contribution is 2.07. The summed E-state index contributed by atoms with van der Waals surface area (Å²) in [6.45, 7) is 3.19. The van der Waals surface area contributed by atoms with Crippen LogP contribution >= 0.6 is 0 Å². The van der Waals surface area contributed by atoms with E-state index in [9.17, 15) is 9.00 Å². The largest absolute Gasteiger partial charge is 0.299 e. The Morgan fingerprint density at radius 2 is 1.93 bits per heavy atom. The van der Waals surface area contributed by atoms with E-state index in [1.54, 1.807) is 6.92 Å². The van der Waals surface area contributed by atoms with Crippen LogP contribution in [0, 0.1) is 0 Å². The highest BCUT2D eigenvalue weighted by atomic mass is 32.2. The van der Waals surface area contributed by atoms with Gasteiger partial charge in [-0.2, -0.15) is 0 Å². The van der Waals surface area contributed by atoms with Gasteiger partial charge in [0.2, 0.25) is 0 Å². The van der Waals surface area contributed by atoms with Crippen LogP contribution in [-0.2, 0) is 21.3 Å². The van der Waals surface area contributed by atoms with Crippen molar-refractivity contribution in [1.29, 1.82) is 0 Å². The molecule has 0 heterocycles. The molecule has 0 aliphatic carbocycles. The maximum Gasteiger partial charge on any atom is 0.145 e.